The summed E-state index contributed by atoms with van der Waals surface area (Å²) >= 11 is 1.45. The number of fused-ring (bicyclic) bond motifs is 2. The van der Waals surface area contributed by atoms with Gasteiger partial charge in [-0.2, -0.15) is 0 Å². The zero-order valence-corrected chi connectivity index (χ0v) is 21.4. The molecule has 3 aromatic carbocycles. The van der Waals surface area contributed by atoms with E-state index in [1.165, 1.54) is 16.7 Å². The number of nitrogens with one attached hydrogen (secondary N) is 1. The third-order valence-electron chi connectivity index (χ3n) is 6.96. The summed E-state index contributed by atoms with van der Waals surface area (Å²) in [6.45, 7) is 1.17. The first kappa shape index (κ1) is 24.2. The smallest absolute Gasteiger partial charge is 0.410 e. The number of ether oxygens (including phenoxy) is 1. The van der Waals surface area contributed by atoms with Crippen LogP contribution < -0.4 is 5.32 Å². The minimum Gasteiger partial charge on any atom is -0.445 e. The zero-order chi connectivity index (χ0) is 26.1. The van der Waals surface area contributed by atoms with E-state index in [-0.39, 0.29) is 23.7 Å². The molecule has 2 atom stereocenters. The highest BCUT2D eigenvalue weighted by Crippen LogP contribution is 2.44. The van der Waals surface area contributed by atoms with Crippen LogP contribution in [0.3, 0.4) is 0 Å². The SMILES string of the molecule is O=C(Nc1ccc(C2SC3=Nc4ccccc4CN3C2=O)cc1)[C@H]1CCCN1C(=O)OCc1ccccc1. The monoisotopic (exact) mass is 526 g/mol. The Bertz CT molecular complexity index is 1410. The summed E-state index contributed by atoms with van der Waals surface area (Å²) in [5.41, 5.74) is 4.30. The Morgan fingerprint density at radius 2 is 1.76 bits per heavy atom. The molecule has 3 amide bonds. The number of hydrogen-bond acceptors (Lipinski definition) is 6. The zero-order valence-electron chi connectivity index (χ0n) is 20.6. The number of benzene rings is 3. The first-order valence-corrected chi connectivity index (χ1v) is 13.5. The second kappa shape index (κ2) is 10.3. The number of anilines is 1. The Balaban J connectivity index is 1.08. The number of amidine groups is 1. The standard InChI is InChI=1S/C29H26N4O4S/c34-26(24-11-6-16-32(24)29(36)37-18-19-7-2-1-3-8-19)30-22-14-12-20(13-15-22)25-27(35)33-17-21-9-4-5-10-23(21)31-28(33)38-25/h1-5,7-10,12-15,24-25H,6,11,16-18H2,(H,30,34)/t24-,25?/m1/s1. The fraction of sp³-hybridized carbons (Fsp3) is 0.241. The van der Waals surface area contributed by atoms with Crippen LogP contribution in [0.4, 0.5) is 16.2 Å². The molecule has 192 valence electrons. The first-order chi connectivity index (χ1) is 18.6. The Labute approximate surface area is 224 Å². The van der Waals surface area contributed by atoms with E-state index < -0.39 is 12.1 Å². The van der Waals surface area contributed by atoms with Crippen molar-refractivity contribution in [2.45, 2.75) is 37.3 Å². The van der Waals surface area contributed by atoms with E-state index in [1.54, 1.807) is 17.0 Å². The topological polar surface area (TPSA) is 91.3 Å². The van der Waals surface area contributed by atoms with E-state index in [0.717, 1.165) is 34.0 Å². The molecule has 3 heterocycles. The highest BCUT2D eigenvalue weighted by Gasteiger charge is 2.41. The fourth-order valence-corrected chi connectivity index (χ4v) is 6.12. The van der Waals surface area contributed by atoms with Crippen molar-refractivity contribution in [2.24, 2.45) is 4.99 Å². The number of nitrogens with zero attached hydrogens (tertiary/aromatic N) is 3. The van der Waals surface area contributed by atoms with Crippen molar-refractivity contribution in [1.29, 1.82) is 0 Å². The average molecular weight is 527 g/mol. The lowest BCUT2D eigenvalue weighted by Gasteiger charge is -2.23. The molecular weight excluding hydrogens is 500 g/mol. The Hall–Kier alpha value is -4.11. The quantitative estimate of drug-likeness (QED) is 0.491. The summed E-state index contributed by atoms with van der Waals surface area (Å²) in [5, 5.41) is 3.26. The molecule has 6 rings (SSSR count). The number of likely N-dealkylation sites (tertiary alicyclic amines) is 1. The van der Waals surface area contributed by atoms with Gasteiger partial charge in [0.15, 0.2) is 5.17 Å². The van der Waals surface area contributed by atoms with Gasteiger partial charge < -0.3 is 10.1 Å². The van der Waals surface area contributed by atoms with Gasteiger partial charge >= 0.3 is 6.09 Å². The number of hydrogen-bond donors (Lipinski definition) is 1. The normalized spacial score (nSPS) is 20.0. The van der Waals surface area contributed by atoms with Crippen molar-refractivity contribution < 1.29 is 19.1 Å². The van der Waals surface area contributed by atoms with Crippen LogP contribution >= 0.6 is 11.8 Å². The maximum atomic E-state index is 13.1. The number of aliphatic imine (C=N–C) groups is 1. The van der Waals surface area contributed by atoms with Gasteiger partial charge in [0, 0.05) is 12.2 Å². The van der Waals surface area contributed by atoms with Crippen molar-refractivity contribution in [3.63, 3.8) is 0 Å². The molecule has 2 fully saturated rings. The lowest BCUT2D eigenvalue weighted by atomic mass is 10.1. The fourth-order valence-electron chi connectivity index (χ4n) is 4.95. The van der Waals surface area contributed by atoms with Crippen LogP contribution in [-0.2, 0) is 27.5 Å². The number of para-hydroxylation sites is 1. The molecule has 3 aliphatic heterocycles. The van der Waals surface area contributed by atoms with Gasteiger partial charge in [-0.1, -0.05) is 72.4 Å². The molecule has 0 saturated carbocycles. The minimum atomic E-state index is -0.583. The largest absolute Gasteiger partial charge is 0.445 e. The molecule has 1 unspecified atom stereocenters. The second-order valence-electron chi connectivity index (χ2n) is 9.45. The maximum absolute atomic E-state index is 13.1. The number of thioether (sulfide) groups is 1. The Morgan fingerprint density at radius 1 is 1.00 bits per heavy atom. The molecule has 0 aromatic heterocycles. The number of amides is 3. The predicted octanol–water partition coefficient (Wildman–Crippen LogP) is 5.24. The van der Waals surface area contributed by atoms with Crippen molar-refractivity contribution >= 4 is 46.2 Å². The van der Waals surface area contributed by atoms with Crippen molar-refractivity contribution in [2.75, 3.05) is 11.9 Å². The maximum Gasteiger partial charge on any atom is 0.410 e. The molecule has 1 N–H and O–H groups in total. The van der Waals surface area contributed by atoms with Gasteiger partial charge in [-0.25, -0.2) is 9.79 Å². The highest BCUT2D eigenvalue weighted by molar-refractivity contribution is 8.15. The summed E-state index contributed by atoms with van der Waals surface area (Å²) in [5.74, 6) is -0.238. The van der Waals surface area contributed by atoms with Crippen molar-refractivity contribution in [1.82, 2.24) is 9.80 Å². The number of carbonyl (C=O) groups excluding carboxylic acids is 3. The van der Waals surface area contributed by atoms with Crippen LogP contribution in [0.15, 0.2) is 83.9 Å². The van der Waals surface area contributed by atoms with Crippen molar-refractivity contribution in [3.05, 3.63) is 95.6 Å². The van der Waals surface area contributed by atoms with E-state index >= 15 is 0 Å². The van der Waals surface area contributed by atoms with Gasteiger partial charge in [-0.05, 0) is 47.7 Å². The first-order valence-electron chi connectivity index (χ1n) is 12.6. The van der Waals surface area contributed by atoms with E-state index in [0.29, 0.717) is 25.2 Å². The lowest BCUT2D eigenvalue weighted by molar-refractivity contribution is -0.126. The van der Waals surface area contributed by atoms with Crippen LogP contribution in [0.1, 0.15) is 34.8 Å². The highest BCUT2D eigenvalue weighted by atomic mass is 32.2. The van der Waals surface area contributed by atoms with Crippen LogP contribution in [-0.4, -0.2) is 45.5 Å². The van der Waals surface area contributed by atoms with Gasteiger partial charge in [0.05, 0.1) is 12.2 Å². The second-order valence-corrected chi connectivity index (χ2v) is 10.5. The molecule has 8 nitrogen and oxygen atoms in total. The Kier molecular flexibility index (Phi) is 6.59. The number of carbonyl (C=O) groups is 3. The van der Waals surface area contributed by atoms with Crippen LogP contribution in [0, 0.1) is 0 Å². The summed E-state index contributed by atoms with van der Waals surface area (Å²) in [7, 11) is 0. The van der Waals surface area contributed by atoms with E-state index in [4.69, 9.17) is 4.74 Å². The molecule has 0 radical (unpaired) electrons. The van der Waals surface area contributed by atoms with E-state index in [9.17, 15) is 14.4 Å². The molecule has 38 heavy (non-hydrogen) atoms. The summed E-state index contributed by atoms with van der Waals surface area (Å²) in [6, 6.07) is 24.0. The average Bonchev–Trinajstić information content (AvgIpc) is 3.57. The Morgan fingerprint density at radius 3 is 2.58 bits per heavy atom. The third-order valence-corrected chi connectivity index (χ3v) is 8.19. The van der Waals surface area contributed by atoms with Gasteiger partial charge in [-0.3, -0.25) is 19.4 Å². The molecule has 3 aromatic rings. The summed E-state index contributed by atoms with van der Waals surface area (Å²) in [6.07, 6.45) is 0.834. The van der Waals surface area contributed by atoms with Crippen LogP contribution in [0.25, 0.3) is 0 Å². The minimum absolute atomic E-state index is 0.00986. The van der Waals surface area contributed by atoms with Gasteiger partial charge in [0.2, 0.25) is 11.8 Å². The third kappa shape index (κ3) is 4.77. The molecular formula is C29H26N4O4S. The van der Waals surface area contributed by atoms with Crippen LogP contribution in [0.5, 0.6) is 0 Å². The molecule has 3 aliphatic rings. The molecule has 0 aliphatic carbocycles. The van der Waals surface area contributed by atoms with E-state index in [1.807, 2.05) is 66.7 Å². The van der Waals surface area contributed by atoms with Crippen LogP contribution in [0.2, 0.25) is 0 Å². The summed E-state index contributed by atoms with van der Waals surface area (Å²) < 4.78 is 5.45. The van der Waals surface area contributed by atoms with Crippen molar-refractivity contribution in [3.8, 4) is 0 Å². The summed E-state index contributed by atoms with van der Waals surface area (Å²) in [4.78, 5) is 46.7. The van der Waals surface area contributed by atoms with E-state index in [2.05, 4.69) is 10.3 Å². The van der Waals surface area contributed by atoms with Gasteiger partial charge in [0.1, 0.15) is 17.9 Å². The molecule has 0 bridgehead atoms. The van der Waals surface area contributed by atoms with Gasteiger partial charge in [-0.15, -0.1) is 0 Å². The number of rotatable bonds is 5. The predicted molar refractivity (Wildman–Crippen MR) is 146 cm³/mol. The molecule has 2 saturated heterocycles. The molecule has 0 spiro atoms. The van der Waals surface area contributed by atoms with Gasteiger partial charge in [0.25, 0.3) is 0 Å². The molecule has 9 heteroatoms. The lowest BCUT2D eigenvalue weighted by Crippen LogP contribution is -2.43.